The van der Waals surface area contributed by atoms with Crippen LogP contribution in [0.4, 0.5) is 0 Å². The van der Waals surface area contributed by atoms with Crippen molar-refractivity contribution in [3.63, 3.8) is 0 Å². The monoisotopic (exact) mass is 624 g/mol. The molecule has 0 saturated carbocycles. The second-order valence-corrected chi connectivity index (χ2v) is 15.3. The molecule has 1 aromatic carbocycles. The molecule has 1 heteroatoms. The summed E-state index contributed by atoms with van der Waals surface area (Å²) in [5, 5.41) is 0. The normalized spacial score (nSPS) is 11.9. The summed E-state index contributed by atoms with van der Waals surface area (Å²) < 4.78 is 0. The third-order valence-corrected chi connectivity index (χ3v) is 9.73. The van der Waals surface area contributed by atoms with Crippen molar-refractivity contribution in [2.75, 3.05) is 13.1 Å². The lowest BCUT2D eigenvalue weighted by Crippen LogP contribution is -2.20. The van der Waals surface area contributed by atoms with E-state index in [2.05, 4.69) is 75.2 Å². The average molecular weight is 624 g/mol. The Morgan fingerprint density at radius 3 is 1.00 bits per heavy atom. The van der Waals surface area contributed by atoms with E-state index in [1.807, 2.05) is 0 Å². The van der Waals surface area contributed by atoms with Gasteiger partial charge in [0.25, 0.3) is 0 Å². The van der Waals surface area contributed by atoms with E-state index >= 15 is 0 Å². The van der Waals surface area contributed by atoms with Crippen LogP contribution in [0, 0.1) is 11.8 Å². The standard InChI is InChI=1S/C44H81N/c1-42(2)34-28-23-19-15-11-7-5-9-13-17-21-25-32-39-45(41-38-44-36-30-27-31-37-44)40-33-26-22-18-14-10-6-8-12-16-20-24-29-35-43(3)4/h27,30-31,36-38,41-43H,5-26,28-29,32-35,39-40H2,1-4H3. The first-order valence-corrected chi connectivity index (χ1v) is 20.5. The Hall–Kier alpha value is -1.24. The zero-order valence-corrected chi connectivity index (χ0v) is 31.4. The van der Waals surface area contributed by atoms with Gasteiger partial charge in [0.05, 0.1) is 0 Å². The van der Waals surface area contributed by atoms with Crippen LogP contribution in [0.1, 0.15) is 213 Å². The molecule has 0 atom stereocenters. The maximum Gasteiger partial charge on any atom is 0.0172 e. The Kier molecular flexibility index (Phi) is 30.4. The van der Waals surface area contributed by atoms with Crippen molar-refractivity contribution in [3.05, 3.63) is 42.1 Å². The first-order chi connectivity index (χ1) is 22.1. The van der Waals surface area contributed by atoms with Gasteiger partial charge in [0.2, 0.25) is 0 Å². The Morgan fingerprint density at radius 2 is 0.689 bits per heavy atom. The summed E-state index contributed by atoms with van der Waals surface area (Å²) in [6, 6.07) is 10.8. The average Bonchev–Trinajstić information content (AvgIpc) is 3.03. The van der Waals surface area contributed by atoms with Gasteiger partial charge in [0.15, 0.2) is 0 Å². The first kappa shape index (κ1) is 41.8. The highest BCUT2D eigenvalue weighted by atomic mass is 15.1. The van der Waals surface area contributed by atoms with Crippen LogP contribution in [0.15, 0.2) is 36.5 Å². The molecule has 0 radical (unpaired) electrons. The van der Waals surface area contributed by atoms with Gasteiger partial charge in [-0.1, -0.05) is 225 Å². The van der Waals surface area contributed by atoms with Crippen LogP contribution in [-0.2, 0) is 0 Å². The lowest BCUT2D eigenvalue weighted by molar-refractivity contribution is 0.351. The molecule has 45 heavy (non-hydrogen) atoms. The van der Waals surface area contributed by atoms with Gasteiger partial charge in [-0.3, -0.25) is 0 Å². The van der Waals surface area contributed by atoms with E-state index in [-0.39, 0.29) is 0 Å². The van der Waals surface area contributed by atoms with Gasteiger partial charge in [-0.15, -0.1) is 0 Å². The van der Waals surface area contributed by atoms with Crippen molar-refractivity contribution in [1.29, 1.82) is 0 Å². The zero-order chi connectivity index (χ0) is 32.5. The van der Waals surface area contributed by atoms with Crippen LogP contribution in [0.5, 0.6) is 0 Å². The van der Waals surface area contributed by atoms with Gasteiger partial charge >= 0.3 is 0 Å². The second-order valence-electron chi connectivity index (χ2n) is 15.3. The predicted molar refractivity (Wildman–Crippen MR) is 206 cm³/mol. The van der Waals surface area contributed by atoms with Gasteiger partial charge in [0, 0.05) is 13.1 Å². The van der Waals surface area contributed by atoms with Crippen LogP contribution in [0.2, 0.25) is 0 Å². The largest absolute Gasteiger partial charge is 0.377 e. The minimum absolute atomic E-state index is 0.883. The lowest BCUT2D eigenvalue weighted by atomic mass is 10.0. The van der Waals surface area contributed by atoms with Gasteiger partial charge in [-0.05, 0) is 42.5 Å². The molecule has 0 aliphatic carbocycles. The van der Waals surface area contributed by atoms with Crippen molar-refractivity contribution in [2.45, 2.75) is 207 Å². The number of nitrogens with zero attached hydrogens (tertiary/aromatic N) is 1. The SMILES string of the molecule is CC(C)CCCCCCCCCCCCCCCN(C=Cc1ccccc1)CCCCCCCCCCCCCCCC(C)C. The summed E-state index contributed by atoms with van der Waals surface area (Å²) in [7, 11) is 0. The molecule has 1 rings (SSSR count). The minimum Gasteiger partial charge on any atom is -0.377 e. The molecule has 0 aliphatic heterocycles. The van der Waals surface area contributed by atoms with Gasteiger partial charge in [0.1, 0.15) is 0 Å². The Balaban J connectivity index is 2.04. The fourth-order valence-electron chi connectivity index (χ4n) is 6.64. The molecule has 0 spiro atoms. The van der Waals surface area contributed by atoms with Crippen LogP contribution in [0.25, 0.3) is 6.08 Å². The maximum absolute atomic E-state index is 2.61. The second kappa shape index (κ2) is 32.7. The molecule has 1 aromatic rings. The molecule has 262 valence electrons. The first-order valence-electron chi connectivity index (χ1n) is 20.5. The van der Waals surface area contributed by atoms with Crippen molar-refractivity contribution < 1.29 is 0 Å². The number of benzene rings is 1. The van der Waals surface area contributed by atoms with Crippen LogP contribution >= 0.6 is 0 Å². The summed E-state index contributed by atoms with van der Waals surface area (Å²) in [4.78, 5) is 2.61. The fourth-order valence-corrected chi connectivity index (χ4v) is 6.64. The number of hydrogen-bond acceptors (Lipinski definition) is 1. The third-order valence-electron chi connectivity index (χ3n) is 9.73. The van der Waals surface area contributed by atoms with E-state index in [0.717, 1.165) is 11.8 Å². The highest BCUT2D eigenvalue weighted by molar-refractivity contribution is 5.48. The van der Waals surface area contributed by atoms with Crippen molar-refractivity contribution in [1.82, 2.24) is 4.90 Å². The van der Waals surface area contributed by atoms with E-state index in [9.17, 15) is 0 Å². The molecule has 1 nitrogen and oxygen atoms in total. The smallest absolute Gasteiger partial charge is 0.0172 e. The van der Waals surface area contributed by atoms with Crippen LogP contribution < -0.4 is 0 Å². The van der Waals surface area contributed by atoms with Crippen molar-refractivity contribution in [2.24, 2.45) is 11.8 Å². The van der Waals surface area contributed by atoms with E-state index in [1.165, 1.54) is 198 Å². The predicted octanol–water partition coefficient (Wildman–Crippen LogP) is 15.2. The minimum atomic E-state index is 0.883. The fraction of sp³-hybridized carbons (Fsp3) is 0.818. The summed E-state index contributed by atoms with van der Waals surface area (Å²) in [5.74, 6) is 1.77. The summed E-state index contributed by atoms with van der Waals surface area (Å²) in [6.45, 7) is 11.8. The highest BCUT2D eigenvalue weighted by Crippen LogP contribution is 2.17. The molecule has 0 aliphatic rings. The lowest BCUT2D eigenvalue weighted by Gasteiger charge is -2.20. The Labute approximate surface area is 284 Å². The van der Waals surface area contributed by atoms with Gasteiger partial charge in [-0.25, -0.2) is 0 Å². The molecular formula is C44H81N. The van der Waals surface area contributed by atoms with Crippen molar-refractivity contribution >= 4 is 6.08 Å². The van der Waals surface area contributed by atoms with E-state index in [1.54, 1.807) is 0 Å². The van der Waals surface area contributed by atoms with Crippen LogP contribution in [0.3, 0.4) is 0 Å². The maximum atomic E-state index is 2.61. The highest BCUT2D eigenvalue weighted by Gasteiger charge is 2.02. The molecule has 0 amide bonds. The Morgan fingerprint density at radius 1 is 0.400 bits per heavy atom. The van der Waals surface area contributed by atoms with E-state index < -0.39 is 0 Å². The summed E-state index contributed by atoms with van der Waals surface area (Å²) in [6.07, 6.45) is 45.0. The zero-order valence-electron chi connectivity index (χ0n) is 31.4. The van der Waals surface area contributed by atoms with Crippen molar-refractivity contribution in [3.8, 4) is 0 Å². The topological polar surface area (TPSA) is 3.24 Å². The number of hydrogen-bond donors (Lipinski definition) is 0. The van der Waals surface area contributed by atoms with Crippen LogP contribution in [-0.4, -0.2) is 18.0 Å². The summed E-state index contributed by atoms with van der Waals surface area (Å²) in [5.41, 5.74) is 1.32. The number of rotatable bonds is 34. The van der Waals surface area contributed by atoms with Gasteiger partial charge in [-0.2, -0.15) is 0 Å². The Bertz CT molecular complexity index is 682. The molecular weight excluding hydrogens is 542 g/mol. The number of unbranched alkanes of at least 4 members (excludes halogenated alkanes) is 24. The summed E-state index contributed by atoms with van der Waals surface area (Å²) >= 11 is 0. The molecule has 0 unspecified atom stereocenters. The van der Waals surface area contributed by atoms with Gasteiger partial charge < -0.3 is 4.90 Å². The molecule has 0 saturated heterocycles. The molecule has 0 aromatic heterocycles. The molecule has 0 N–H and O–H groups in total. The molecule has 0 bridgehead atoms. The third kappa shape index (κ3) is 31.1. The molecule has 0 fully saturated rings. The van der Waals surface area contributed by atoms with E-state index in [0.29, 0.717) is 0 Å². The quantitative estimate of drug-likeness (QED) is 0.0690. The molecule has 0 heterocycles. The van der Waals surface area contributed by atoms with E-state index in [4.69, 9.17) is 0 Å².